The molecule has 0 aliphatic rings. The van der Waals surface area contributed by atoms with Crippen molar-refractivity contribution in [1.82, 2.24) is 15.1 Å². The maximum absolute atomic E-state index is 6.38. The van der Waals surface area contributed by atoms with Gasteiger partial charge in [-0.05, 0) is 25.6 Å². The van der Waals surface area contributed by atoms with Gasteiger partial charge in [-0.25, -0.2) is 0 Å². The Labute approximate surface area is 126 Å². The van der Waals surface area contributed by atoms with E-state index in [1.165, 1.54) is 0 Å². The fourth-order valence-corrected chi connectivity index (χ4v) is 3.15. The summed E-state index contributed by atoms with van der Waals surface area (Å²) in [5.74, 6) is 1.11. The minimum absolute atomic E-state index is 0.455. The van der Waals surface area contributed by atoms with Crippen LogP contribution in [0.1, 0.15) is 39.1 Å². The van der Waals surface area contributed by atoms with Gasteiger partial charge in [-0.2, -0.15) is 16.9 Å². The largest absolute Gasteiger partial charge is 0.313 e. The topological polar surface area (TPSA) is 29.9 Å². The van der Waals surface area contributed by atoms with Gasteiger partial charge >= 0.3 is 0 Å². The van der Waals surface area contributed by atoms with Crippen LogP contribution in [0.2, 0.25) is 5.02 Å². The third-order valence-corrected chi connectivity index (χ3v) is 4.77. The van der Waals surface area contributed by atoms with Crippen LogP contribution in [0.25, 0.3) is 0 Å². The van der Waals surface area contributed by atoms with Gasteiger partial charge in [-0.15, -0.1) is 0 Å². The predicted octanol–water partition coefficient (Wildman–Crippen LogP) is 3.53. The second kappa shape index (κ2) is 8.18. The molecule has 1 aromatic heterocycles. The molecule has 19 heavy (non-hydrogen) atoms. The Kier molecular flexibility index (Phi) is 7.26. The van der Waals surface area contributed by atoms with Gasteiger partial charge in [0.1, 0.15) is 0 Å². The Morgan fingerprint density at radius 3 is 2.58 bits per heavy atom. The van der Waals surface area contributed by atoms with Crippen molar-refractivity contribution in [1.29, 1.82) is 0 Å². The maximum atomic E-state index is 6.38. The molecule has 5 heteroatoms. The Balaban J connectivity index is 2.77. The van der Waals surface area contributed by atoms with Crippen molar-refractivity contribution in [3.63, 3.8) is 0 Å². The average molecular weight is 304 g/mol. The highest BCUT2D eigenvalue weighted by molar-refractivity contribution is 7.99. The van der Waals surface area contributed by atoms with E-state index in [2.05, 4.69) is 38.1 Å². The molecule has 0 aromatic carbocycles. The van der Waals surface area contributed by atoms with Crippen LogP contribution in [0.3, 0.4) is 0 Å². The van der Waals surface area contributed by atoms with Crippen molar-refractivity contribution in [2.24, 2.45) is 0 Å². The smallest absolute Gasteiger partial charge is 0.0847 e. The zero-order valence-corrected chi connectivity index (χ0v) is 14.2. The lowest BCUT2D eigenvalue weighted by molar-refractivity contribution is 0.533. The Morgan fingerprint density at radius 2 is 2.05 bits per heavy atom. The number of hydrogen-bond donors (Lipinski definition) is 1. The van der Waals surface area contributed by atoms with Crippen LogP contribution >= 0.6 is 23.4 Å². The quantitative estimate of drug-likeness (QED) is 0.797. The first-order chi connectivity index (χ1) is 8.99. The molecular weight excluding hydrogens is 278 g/mol. The van der Waals surface area contributed by atoms with E-state index < -0.39 is 0 Å². The predicted molar refractivity (Wildman–Crippen MR) is 86.4 cm³/mol. The van der Waals surface area contributed by atoms with E-state index in [9.17, 15) is 0 Å². The summed E-state index contributed by atoms with van der Waals surface area (Å²) in [5, 5.41) is 9.54. The fraction of sp³-hybridized carbons (Fsp3) is 0.786. The Morgan fingerprint density at radius 1 is 1.37 bits per heavy atom. The Bertz CT molecular complexity index is 390. The number of thioether (sulfide) groups is 1. The third-order valence-electron chi connectivity index (χ3n) is 3.02. The summed E-state index contributed by atoms with van der Waals surface area (Å²) < 4.78 is 2.03. The van der Waals surface area contributed by atoms with Gasteiger partial charge in [0, 0.05) is 24.8 Å². The first-order valence-corrected chi connectivity index (χ1v) is 8.48. The van der Waals surface area contributed by atoms with Gasteiger partial charge in [-0.1, -0.05) is 32.4 Å². The first-order valence-electron chi connectivity index (χ1n) is 7.06. The number of nitrogens with one attached hydrogen (secondary N) is 1. The fourth-order valence-electron chi connectivity index (χ4n) is 2.08. The van der Waals surface area contributed by atoms with E-state index in [4.69, 9.17) is 11.6 Å². The van der Waals surface area contributed by atoms with Gasteiger partial charge in [0.15, 0.2) is 0 Å². The van der Waals surface area contributed by atoms with E-state index in [0.29, 0.717) is 11.3 Å². The van der Waals surface area contributed by atoms with Crippen molar-refractivity contribution in [3.05, 3.63) is 16.4 Å². The maximum Gasteiger partial charge on any atom is 0.0847 e. The molecule has 110 valence electrons. The first kappa shape index (κ1) is 16.9. The number of nitrogens with zero attached hydrogens (tertiary/aromatic N) is 2. The number of halogens is 1. The van der Waals surface area contributed by atoms with E-state index in [-0.39, 0.29) is 0 Å². The van der Waals surface area contributed by atoms with Gasteiger partial charge < -0.3 is 5.32 Å². The highest BCUT2D eigenvalue weighted by Gasteiger charge is 2.17. The highest BCUT2D eigenvalue weighted by Crippen LogP contribution is 2.23. The molecule has 0 saturated heterocycles. The van der Waals surface area contributed by atoms with E-state index in [0.717, 1.165) is 41.7 Å². The van der Waals surface area contributed by atoms with Gasteiger partial charge in [0.05, 0.1) is 16.4 Å². The van der Waals surface area contributed by atoms with Crippen LogP contribution in [0.15, 0.2) is 0 Å². The lowest BCUT2D eigenvalue weighted by Gasteiger charge is -2.19. The molecule has 0 amide bonds. The molecule has 1 atom stereocenters. The van der Waals surface area contributed by atoms with Crippen molar-refractivity contribution >= 4 is 23.4 Å². The lowest BCUT2D eigenvalue weighted by atomic mass is 10.1. The molecule has 1 unspecified atom stereocenters. The summed E-state index contributed by atoms with van der Waals surface area (Å²) in [7, 11) is 0. The van der Waals surface area contributed by atoms with Crippen LogP contribution in [0, 0.1) is 6.92 Å². The molecule has 0 radical (unpaired) electrons. The van der Waals surface area contributed by atoms with Crippen molar-refractivity contribution in [2.45, 2.75) is 58.9 Å². The molecule has 0 aliphatic carbocycles. The summed E-state index contributed by atoms with van der Waals surface area (Å²) >= 11 is 8.37. The second-order valence-electron chi connectivity index (χ2n) is 5.00. The van der Waals surface area contributed by atoms with Crippen LogP contribution < -0.4 is 5.32 Å². The Hall–Kier alpha value is -0.190. The molecule has 0 spiro atoms. The zero-order chi connectivity index (χ0) is 14.4. The zero-order valence-electron chi connectivity index (χ0n) is 12.7. The molecule has 1 aromatic rings. The van der Waals surface area contributed by atoms with Gasteiger partial charge in [0.2, 0.25) is 0 Å². The minimum Gasteiger partial charge on any atom is -0.313 e. The summed E-state index contributed by atoms with van der Waals surface area (Å²) in [5.41, 5.74) is 2.10. The monoisotopic (exact) mass is 303 g/mol. The molecule has 0 aliphatic heterocycles. The van der Waals surface area contributed by atoms with Crippen LogP contribution in [-0.2, 0) is 13.0 Å². The second-order valence-corrected chi connectivity index (χ2v) is 6.99. The summed E-state index contributed by atoms with van der Waals surface area (Å²) in [6.07, 6.45) is 0.946. The molecule has 1 heterocycles. The molecule has 0 bridgehead atoms. The van der Waals surface area contributed by atoms with Crippen LogP contribution in [0.5, 0.6) is 0 Å². The molecule has 3 nitrogen and oxygen atoms in total. The lowest BCUT2D eigenvalue weighted by Crippen LogP contribution is -2.34. The number of aromatic nitrogens is 2. The number of aryl methyl sites for hydroxylation is 2. The molecular formula is C14H26ClN3S. The molecule has 0 fully saturated rings. The molecule has 1 N–H and O–H groups in total. The average Bonchev–Trinajstić information content (AvgIpc) is 2.63. The number of likely N-dealkylation sites (N-methyl/N-ethyl adjacent to an activating group) is 1. The van der Waals surface area contributed by atoms with Gasteiger partial charge in [-0.3, -0.25) is 4.68 Å². The summed E-state index contributed by atoms with van der Waals surface area (Å²) in [6, 6.07) is 0.455. The minimum atomic E-state index is 0.455. The van der Waals surface area contributed by atoms with Crippen molar-refractivity contribution < 1.29 is 0 Å². The van der Waals surface area contributed by atoms with Crippen LogP contribution in [0.4, 0.5) is 0 Å². The standard InChI is InChI=1S/C14H26ClN3S/c1-6-16-12(9-19-10(3)4)8-13-14(15)11(5)17-18(13)7-2/h10,12,16H,6-9H2,1-5H3. The van der Waals surface area contributed by atoms with E-state index >= 15 is 0 Å². The highest BCUT2D eigenvalue weighted by atomic mass is 35.5. The van der Waals surface area contributed by atoms with Crippen LogP contribution in [-0.4, -0.2) is 33.4 Å². The van der Waals surface area contributed by atoms with Crippen molar-refractivity contribution in [3.8, 4) is 0 Å². The number of hydrogen-bond acceptors (Lipinski definition) is 3. The van der Waals surface area contributed by atoms with E-state index in [1.54, 1.807) is 0 Å². The summed E-state index contributed by atoms with van der Waals surface area (Å²) in [4.78, 5) is 0. The summed E-state index contributed by atoms with van der Waals surface area (Å²) in [6.45, 7) is 12.6. The van der Waals surface area contributed by atoms with E-state index in [1.807, 2.05) is 23.4 Å². The third kappa shape index (κ3) is 5.01. The number of rotatable bonds is 8. The normalized spacial score (nSPS) is 13.2. The SMILES string of the molecule is CCNC(CSC(C)C)Cc1c(Cl)c(C)nn1CC. The van der Waals surface area contributed by atoms with Crippen molar-refractivity contribution in [2.75, 3.05) is 12.3 Å². The van der Waals surface area contributed by atoms with Gasteiger partial charge in [0.25, 0.3) is 0 Å². The molecule has 1 rings (SSSR count). The molecule has 0 saturated carbocycles.